The van der Waals surface area contributed by atoms with Crippen molar-refractivity contribution < 1.29 is 9.53 Å². The largest absolute Gasteiger partial charge is 0.497 e. The zero-order valence-electron chi connectivity index (χ0n) is 16.8. The molecule has 3 aliphatic heterocycles. The van der Waals surface area contributed by atoms with Gasteiger partial charge in [-0.2, -0.15) is 0 Å². The second-order valence-corrected chi connectivity index (χ2v) is 8.26. The second-order valence-electron chi connectivity index (χ2n) is 8.26. The van der Waals surface area contributed by atoms with Gasteiger partial charge in [0.2, 0.25) is 5.91 Å². The summed E-state index contributed by atoms with van der Waals surface area (Å²) in [7, 11) is 1.66. The number of nitrogens with one attached hydrogen (secondary N) is 1. The molecule has 0 spiro atoms. The van der Waals surface area contributed by atoms with Crippen molar-refractivity contribution in [1.82, 2.24) is 25.2 Å². The van der Waals surface area contributed by atoms with Crippen LogP contribution in [0.5, 0.6) is 5.75 Å². The van der Waals surface area contributed by atoms with Crippen LogP contribution in [0.1, 0.15) is 26.7 Å². The number of fused-ring (bicyclic) bond motifs is 3. The molecule has 3 aliphatic rings. The summed E-state index contributed by atoms with van der Waals surface area (Å²) in [5.41, 5.74) is 1.90. The highest BCUT2D eigenvalue weighted by Crippen LogP contribution is 2.37. The van der Waals surface area contributed by atoms with Gasteiger partial charge in [0.05, 0.1) is 25.8 Å². The number of nitrogens with zero attached hydrogens (tertiary/aromatic N) is 4. The molecule has 1 amide bonds. The Bertz CT molecular complexity index is 816. The van der Waals surface area contributed by atoms with Gasteiger partial charge < -0.3 is 10.1 Å². The van der Waals surface area contributed by atoms with Crippen LogP contribution in [0.15, 0.2) is 30.5 Å². The first-order valence-electron chi connectivity index (χ1n) is 10.1. The van der Waals surface area contributed by atoms with E-state index in [2.05, 4.69) is 20.5 Å². The second kappa shape index (κ2) is 7.91. The molecule has 1 unspecified atom stereocenters. The van der Waals surface area contributed by atoms with Crippen LogP contribution in [-0.2, 0) is 11.3 Å². The fourth-order valence-corrected chi connectivity index (χ4v) is 4.51. The smallest absolute Gasteiger partial charge is 0.224 e. The molecule has 0 saturated carbocycles. The normalized spacial score (nSPS) is 26.4. The molecule has 0 radical (unpaired) electrons. The number of aromatic nitrogens is 3. The first-order chi connectivity index (χ1) is 13.5. The molecule has 1 N–H and O–H groups in total. The van der Waals surface area contributed by atoms with Crippen LogP contribution in [0.25, 0.3) is 11.3 Å². The van der Waals surface area contributed by atoms with Crippen LogP contribution in [0.3, 0.4) is 0 Å². The minimum Gasteiger partial charge on any atom is -0.497 e. The summed E-state index contributed by atoms with van der Waals surface area (Å²) >= 11 is 0. The number of methoxy groups -OCH3 is 1. The number of ether oxygens (including phenoxy) is 1. The van der Waals surface area contributed by atoms with Crippen molar-refractivity contribution in [2.45, 2.75) is 45.3 Å². The average molecular weight is 383 g/mol. The van der Waals surface area contributed by atoms with Gasteiger partial charge >= 0.3 is 0 Å². The number of amides is 1. The number of carbonyl (C=O) groups is 1. The van der Waals surface area contributed by atoms with Gasteiger partial charge in [0.15, 0.2) is 0 Å². The quantitative estimate of drug-likeness (QED) is 0.828. The summed E-state index contributed by atoms with van der Waals surface area (Å²) in [5.74, 6) is 1.64. The summed E-state index contributed by atoms with van der Waals surface area (Å²) in [6, 6.07) is 8.48. The van der Waals surface area contributed by atoms with E-state index in [0.29, 0.717) is 12.0 Å². The molecular weight excluding hydrogens is 354 g/mol. The highest BCUT2D eigenvalue weighted by molar-refractivity contribution is 5.79. The predicted molar refractivity (Wildman–Crippen MR) is 107 cm³/mol. The molecule has 3 saturated heterocycles. The lowest BCUT2D eigenvalue weighted by molar-refractivity contribution is -0.133. The molecule has 0 aliphatic carbocycles. The standard InChI is InChI=1S/C21H29N5O2/c1-14(2)22-21(27)19-12-25-9-8-16(19)10-17(25)11-26-13-20(23-24-26)15-4-6-18(28-3)7-5-15/h4-7,13-14,16-17,19H,8-12H2,1-3H3,(H,22,27)/t16-,17-,19-/m1/s1. The van der Waals surface area contributed by atoms with Gasteiger partial charge in [-0.3, -0.25) is 14.4 Å². The highest BCUT2D eigenvalue weighted by atomic mass is 16.5. The Morgan fingerprint density at radius 2 is 2.11 bits per heavy atom. The van der Waals surface area contributed by atoms with Gasteiger partial charge in [-0.05, 0) is 63.4 Å². The molecule has 150 valence electrons. The summed E-state index contributed by atoms with van der Waals surface area (Å²) in [5, 5.41) is 11.8. The third kappa shape index (κ3) is 3.90. The van der Waals surface area contributed by atoms with Crippen molar-refractivity contribution in [2.24, 2.45) is 11.8 Å². The molecule has 1 aromatic heterocycles. The number of piperidine rings is 3. The molecule has 2 aromatic rings. The van der Waals surface area contributed by atoms with E-state index in [1.165, 1.54) is 0 Å². The van der Waals surface area contributed by atoms with Gasteiger partial charge in [0.25, 0.3) is 0 Å². The number of rotatable bonds is 6. The van der Waals surface area contributed by atoms with Crippen LogP contribution in [0.2, 0.25) is 0 Å². The highest BCUT2D eigenvalue weighted by Gasteiger charge is 2.43. The minimum absolute atomic E-state index is 0.123. The monoisotopic (exact) mass is 383 g/mol. The Morgan fingerprint density at radius 3 is 2.75 bits per heavy atom. The predicted octanol–water partition coefficient (Wildman–Crippen LogP) is 2.19. The third-order valence-electron chi connectivity index (χ3n) is 5.97. The van der Waals surface area contributed by atoms with E-state index in [-0.39, 0.29) is 17.9 Å². The lowest BCUT2D eigenvalue weighted by atomic mass is 9.75. The summed E-state index contributed by atoms with van der Waals surface area (Å²) < 4.78 is 7.15. The Balaban J connectivity index is 1.39. The Hall–Kier alpha value is -2.41. The Morgan fingerprint density at radius 1 is 1.32 bits per heavy atom. The number of hydrogen-bond donors (Lipinski definition) is 1. The number of benzene rings is 1. The average Bonchev–Trinajstić information content (AvgIpc) is 3.16. The van der Waals surface area contributed by atoms with E-state index in [4.69, 9.17) is 4.74 Å². The molecule has 3 fully saturated rings. The van der Waals surface area contributed by atoms with Crippen molar-refractivity contribution in [3.63, 3.8) is 0 Å². The molecular formula is C21H29N5O2. The number of hydrogen-bond acceptors (Lipinski definition) is 5. The van der Waals surface area contributed by atoms with Crippen LogP contribution in [-0.4, -0.2) is 58.1 Å². The maximum atomic E-state index is 12.5. The van der Waals surface area contributed by atoms with Crippen molar-refractivity contribution in [3.8, 4) is 17.0 Å². The maximum absolute atomic E-state index is 12.5. The van der Waals surface area contributed by atoms with Crippen LogP contribution < -0.4 is 10.1 Å². The van der Waals surface area contributed by atoms with Gasteiger partial charge in [-0.1, -0.05) is 5.21 Å². The fourth-order valence-electron chi connectivity index (χ4n) is 4.51. The van der Waals surface area contributed by atoms with E-state index >= 15 is 0 Å². The minimum atomic E-state index is 0.123. The van der Waals surface area contributed by atoms with E-state index in [1.54, 1.807) is 7.11 Å². The zero-order chi connectivity index (χ0) is 19.7. The van der Waals surface area contributed by atoms with Crippen LogP contribution in [0.4, 0.5) is 0 Å². The van der Waals surface area contributed by atoms with E-state index in [0.717, 1.165) is 49.5 Å². The molecule has 28 heavy (non-hydrogen) atoms. The lowest BCUT2D eigenvalue weighted by Gasteiger charge is -2.49. The molecule has 4 heterocycles. The van der Waals surface area contributed by atoms with Gasteiger partial charge in [0.1, 0.15) is 11.4 Å². The van der Waals surface area contributed by atoms with Crippen molar-refractivity contribution in [2.75, 3.05) is 20.2 Å². The number of carbonyl (C=O) groups excluding carboxylic acids is 1. The topological polar surface area (TPSA) is 72.3 Å². The Kier molecular flexibility index (Phi) is 5.35. The Labute approximate surface area is 166 Å². The molecule has 7 heteroatoms. The van der Waals surface area contributed by atoms with Gasteiger partial charge in [0, 0.05) is 24.2 Å². The summed E-state index contributed by atoms with van der Waals surface area (Å²) in [4.78, 5) is 15.0. The van der Waals surface area contributed by atoms with Crippen molar-refractivity contribution in [1.29, 1.82) is 0 Å². The van der Waals surface area contributed by atoms with Crippen molar-refractivity contribution in [3.05, 3.63) is 30.5 Å². The SMILES string of the molecule is COc1ccc(-c2cn(C[C@H]3C[C@H]4CCN3C[C@H]4C(=O)NC(C)C)nn2)cc1. The van der Waals surface area contributed by atoms with Gasteiger partial charge in [-0.15, -0.1) is 5.10 Å². The molecule has 7 nitrogen and oxygen atoms in total. The van der Waals surface area contributed by atoms with Crippen LogP contribution in [0, 0.1) is 11.8 Å². The molecule has 2 bridgehead atoms. The molecule has 5 rings (SSSR count). The summed E-state index contributed by atoms with van der Waals surface area (Å²) in [6.07, 6.45) is 4.17. The van der Waals surface area contributed by atoms with Crippen LogP contribution >= 0.6 is 0 Å². The fraction of sp³-hybridized carbons (Fsp3) is 0.571. The summed E-state index contributed by atoms with van der Waals surface area (Å²) in [6.45, 7) is 6.79. The first kappa shape index (κ1) is 18.9. The molecule has 4 atom stereocenters. The molecule has 1 aromatic carbocycles. The van der Waals surface area contributed by atoms with E-state index < -0.39 is 0 Å². The lowest BCUT2D eigenvalue weighted by Crippen LogP contribution is -2.58. The zero-order valence-corrected chi connectivity index (χ0v) is 16.8. The van der Waals surface area contributed by atoms with E-state index in [9.17, 15) is 4.79 Å². The maximum Gasteiger partial charge on any atom is 0.224 e. The van der Waals surface area contributed by atoms with Crippen molar-refractivity contribution >= 4 is 5.91 Å². The van der Waals surface area contributed by atoms with E-state index in [1.807, 2.05) is 49.0 Å². The first-order valence-corrected chi connectivity index (χ1v) is 10.1. The van der Waals surface area contributed by atoms with Gasteiger partial charge in [-0.25, -0.2) is 0 Å². The third-order valence-corrected chi connectivity index (χ3v) is 5.97.